The van der Waals surface area contributed by atoms with Crippen LogP contribution in [-0.2, 0) is 4.79 Å². The molecule has 180 valence electrons. The number of thioether (sulfide) groups is 1. The number of hydrogen-bond acceptors (Lipinski definition) is 4. The molecule has 0 aliphatic carbocycles. The molecule has 0 unspecified atom stereocenters. The van der Waals surface area contributed by atoms with Crippen molar-refractivity contribution < 1.29 is 27.3 Å². The number of hydrogen-bond donors (Lipinski definition) is 0. The molecule has 0 saturated carbocycles. The van der Waals surface area contributed by atoms with E-state index in [-0.39, 0.29) is 21.8 Å². The first-order chi connectivity index (χ1) is 17.0. The first kappa shape index (κ1) is 26.3. The standard InChI is InChI=1S/C27H15F4NO3S/c1-15(2)23-21(24(28)26(30)27(31)25(23)29)13-10-19-9-6-18(14-22(19)32(34)35)5-4-17-7-11-20(12-8-17)36-16(3)33/h6-9,11-12,14H,1H2,2-3H3. The molecular weight excluding hydrogens is 494 g/mol. The number of halogens is 4. The molecule has 36 heavy (non-hydrogen) atoms. The zero-order valence-corrected chi connectivity index (χ0v) is 19.7. The Morgan fingerprint density at radius 3 is 2.03 bits per heavy atom. The van der Waals surface area contributed by atoms with Crippen LogP contribution in [0, 0.1) is 57.1 Å². The van der Waals surface area contributed by atoms with Gasteiger partial charge in [0, 0.05) is 34.6 Å². The van der Waals surface area contributed by atoms with E-state index in [1.54, 1.807) is 24.3 Å². The second kappa shape index (κ2) is 10.9. The average molecular weight is 509 g/mol. The third kappa shape index (κ3) is 5.83. The Hall–Kier alpha value is -4.34. The van der Waals surface area contributed by atoms with Crippen LogP contribution < -0.4 is 0 Å². The first-order valence-corrected chi connectivity index (χ1v) is 10.9. The van der Waals surface area contributed by atoms with E-state index in [1.807, 2.05) is 0 Å². The van der Waals surface area contributed by atoms with E-state index >= 15 is 0 Å². The molecule has 3 aromatic rings. The van der Waals surface area contributed by atoms with Gasteiger partial charge in [0.25, 0.3) is 5.69 Å². The molecule has 0 spiro atoms. The molecule has 0 heterocycles. The zero-order valence-electron chi connectivity index (χ0n) is 18.8. The molecule has 0 bridgehead atoms. The summed E-state index contributed by atoms with van der Waals surface area (Å²) in [7, 11) is 0. The van der Waals surface area contributed by atoms with Gasteiger partial charge in [0.05, 0.1) is 10.5 Å². The third-order valence-electron chi connectivity index (χ3n) is 4.68. The van der Waals surface area contributed by atoms with Gasteiger partial charge in [-0.2, -0.15) is 0 Å². The smallest absolute Gasteiger partial charge is 0.286 e. The SMILES string of the molecule is C=C(C)c1c(F)c(F)c(F)c(F)c1C#Cc1ccc(C#Cc2ccc(SC(C)=O)cc2)cc1[N+](=O)[O-]. The first-order valence-electron chi connectivity index (χ1n) is 10.1. The van der Waals surface area contributed by atoms with Gasteiger partial charge >= 0.3 is 0 Å². The van der Waals surface area contributed by atoms with E-state index in [9.17, 15) is 32.5 Å². The fourth-order valence-electron chi connectivity index (χ4n) is 3.06. The maximum absolute atomic E-state index is 14.3. The van der Waals surface area contributed by atoms with Crippen LogP contribution in [0.1, 0.15) is 41.7 Å². The van der Waals surface area contributed by atoms with Gasteiger partial charge in [0.2, 0.25) is 0 Å². The Morgan fingerprint density at radius 2 is 1.44 bits per heavy atom. The van der Waals surface area contributed by atoms with E-state index in [0.717, 1.165) is 22.7 Å². The summed E-state index contributed by atoms with van der Waals surface area (Å²) in [6.07, 6.45) is 0. The van der Waals surface area contributed by atoms with Gasteiger partial charge in [-0.1, -0.05) is 42.0 Å². The van der Waals surface area contributed by atoms with E-state index in [4.69, 9.17) is 0 Å². The van der Waals surface area contributed by atoms with E-state index < -0.39 is 45.0 Å². The summed E-state index contributed by atoms with van der Waals surface area (Å²) in [5, 5.41) is 11.5. The summed E-state index contributed by atoms with van der Waals surface area (Å²) in [6, 6.07) is 10.7. The molecular formula is C27H15F4NO3S. The van der Waals surface area contributed by atoms with Crippen LogP contribution in [0.4, 0.5) is 23.2 Å². The van der Waals surface area contributed by atoms with Crippen molar-refractivity contribution in [1.29, 1.82) is 0 Å². The molecule has 9 heteroatoms. The van der Waals surface area contributed by atoms with Gasteiger partial charge in [0.15, 0.2) is 28.4 Å². The minimum Gasteiger partial charge on any atom is -0.287 e. The quantitative estimate of drug-likeness (QED) is 0.0757. The molecule has 3 aromatic carbocycles. The molecule has 3 rings (SSSR count). The molecule has 0 aliphatic rings. The monoisotopic (exact) mass is 509 g/mol. The number of nitrogens with zero attached hydrogens (tertiary/aromatic N) is 1. The largest absolute Gasteiger partial charge is 0.287 e. The molecule has 0 aromatic heterocycles. The Kier molecular flexibility index (Phi) is 7.98. The lowest BCUT2D eigenvalue weighted by molar-refractivity contribution is -0.385. The van der Waals surface area contributed by atoms with Crippen LogP contribution in [0.3, 0.4) is 0 Å². The second-order valence-electron chi connectivity index (χ2n) is 7.39. The van der Waals surface area contributed by atoms with Gasteiger partial charge < -0.3 is 0 Å². The average Bonchev–Trinajstić information content (AvgIpc) is 2.83. The minimum absolute atomic E-state index is 0.0578. The fourth-order valence-corrected chi connectivity index (χ4v) is 3.67. The van der Waals surface area contributed by atoms with Crippen LogP contribution in [0.25, 0.3) is 5.57 Å². The lowest BCUT2D eigenvalue weighted by atomic mass is 9.99. The molecule has 0 N–H and O–H groups in total. The van der Waals surface area contributed by atoms with Crippen molar-refractivity contribution in [3.8, 4) is 23.7 Å². The molecule has 0 aliphatic heterocycles. The Morgan fingerprint density at radius 1 is 0.861 bits per heavy atom. The highest BCUT2D eigenvalue weighted by Gasteiger charge is 2.25. The Labute approximate surface area is 208 Å². The molecule has 0 radical (unpaired) electrons. The predicted octanol–water partition coefficient (Wildman–Crippen LogP) is 6.62. The number of allylic oxidation sites excluding steroid dienone is 1. The van der Waals surface area contributed by atoms with Crippen molar-refractivity contribution in [3.05, 3.63) is 110 Å². The summed E-state index contributed by atoms with van der Waals surface area (Å²) < 4.78 is 55.9. The van der Waals surface area contributed by atoms with Crippen LogP contribution in [0.2, 0.25) is 0 Å². The summed E-state index contributed by atoms with van der Waals surface area (Å²) in [4.78, 5) is 22.8. The lowest BCUT2D eigenvalue weighted by Gasteiger charge is -2.09. The number of rotatable bonds is 3. The summed E-state index contributed by atoms with van der Waals surface area (Å²) >= 11 is 1.07. The lowest BCUT2D eigenvalue weighted by Crippen LogP contribution is -2.05. The fraction of sp³-hybridized carbons (Fsp3) is 0.0741. The number of carbonyl (C=O) groups excluding carboxylic acids is 1. The van der Waals surface area contributed by atoms with Crippen LogP contribution in [0.5, 0.6) is 0 Å². The third-order valence-corrected chi connectivity index (χ3v) is 5.47. The molecule has 0 fully saturated rings. The summed E-state index contributed by atoms with van der Waals surface area (Å²) in [6.45, 7) is 6.14. The van der Waals surface area contributed by atoms with Gasteiger partial charge in [-0.05, 0) is 48.9 Å². The maximum Gasteiger partial charge on any atom is 0.286 e. The normalized spacial score (nSPS) is 10.1. The maximum atomic E-state index is 14.3. The van der Waals surface area contributed by atoms with Crippen molar-refractivity contribution in [2.45, 2.75) is 18.7 Å². The highest BCUT2D eigenvalue weighted by molar-refractivity contribution is 8.13. The van der Waals surface area contributed by atoms with E-state index in [0.29, 0.717) is 5.56 Å². The van der Waals surface area contributed by atoms with Crippen molar-refractivity contribution in [1.82, 2.24) is 0 Å². The predicted molar refractivity (Wildman–Crippen MR) is 129 cm³/mol. The zero-order chi connectivity index (χ0) is 26.6. The topological polar surface area (TPSA) is 60.2 Å². The van der Waals surface area contributed by atoms with Crippen molar-refractivity contribution >= 4 is 28.1 Å². The van der Waals surface area contributed by atoms with Crippen LogP contribution in [0.15, 0.2) is 53.9 Å². The Bertz CT molecular complexity index is 1540. The highest BCUT2D eigenvalue weighted by Crippen LogP contribution is 2.28. The minimum atomic E-state index is -2.05. The number of carbonyl (C=O) groups is 1. The van der Waals surface area contributed by atoms with Crippen LogP contribution >= 0.6 is 11.8 Å². The summed E-state index contributed by atoms with van der Waals surface area (Å²) in [5.74, 6) is 2.72. The van der Waals surface area contributed by atoms with Gasteiger partial charge in [0.1, 0.15) is 5.56 Å². The second-order valence-corrected chi connectivity index (χ2v) is 8.64. The van der Waals surface area contributed by atoms with E-state index in [1.165, 1.54) is 26.0 Å². The van der Waals surface area contributed by atoms with E-state index in [2.05, 4.69) is 30.3 Å². The van der Waals surface area contributed by atoms with Crippen molar-refractivity contribution in [3.63, 3.8) is 0 Å². The summed E-state index contributed by atoms with van der Waals surface area (Å²) in [5.41, 5.74) is -1.32. The van der Waals surface area contributed by atoms with Gasteiger partial charge in [-0.15, -0.1) is 0 Å². The molecule has 4 nitrogen and oxygen atoms in total. The van der Waals surface area contributed by atoms with Crippen LogP contribution in [-0.4, -0.2) is 10.0 Å². The number of nitro benzene ring substituents is 1. The van der Waals surface area contributed by atoms with Gasteiger partial charge in [-0.3, -0.25) is 14.9 Å². The van der Waals surface area contributed by atoms with Crippen molar-refractivity contribution in [2.75, 3.05) is 0 Å². The number of benzene rings is 3. The molecule has 0 amide bonds. The highest BCUT2D eigenvalue weighted by atomic mass is 32.2. The molecule has 0 saturated heterocycles. The number of nitro groups is 1. The Balaban J connectivity index is 2.00. The van der Waals surface area contributed by atoms with Crippen molar-refractivity contribution in [2.24, 2.45) is 0 Å². The van der Waals surface area contributed by atoms with Gasteiger partial charge in [-0.25, -0.2) is 17.6 Å². The molecule has 0 atom stereocenters.